The van der Waals surface area contributed by atoms with Crippen molar-refractivity contribution in [1.29, 1.82) is 0 Å². The maximum absolute atomic E-state index is 4.16. The Labute approximate surface area is 66.8 Å². The Hall–Kier alpha value is 0.0400. The Morgan fingerprint density at radius 3 is 2.67 bits per heavy atom. The Bertz CT molecular complexity index is 189. The minimum absolute atomic E-state index is 1.02. The number of thioether (sulfide) groups is 1. The molecule has 2 nitrogen and oxygen atoms in total. The predicted octanol–water partition coefficient (Wildman–Crippen LogP) is 1.90. The molecule has 0 unspecified atom stereocenters. The first kappa shape index (κ1) is 7.15. The Balaban J connectivity index is 2.98. The van der Waals surface area contributed by atoms with Crippen LogP contribution in [-0.2, 0) is 7.05 Å². The van der Waals surface area contributed by atoms with E-state index >= 15 is 0 Å². The third-order valence-electron chi connectivity index (χ3n) is 1.01. The quantitative estimate of drug-likeness (QED) is 0.654. The van der Waals surface area contributed by atoms with Crippen molar-refractivity contribution < 1.29 is 0 Å². The average molecular weight is 207 g/mol. The molecule has 0 amide bonds. The van der Waals surface area contributed by atoms with Gasteiger partial charge in [-0.25, -0.2) is 0 Å². The fourth-order valence-corrected chi connectivity index (χ4v) is 1.40. The molecule has 4 heteroatoms. The molecule has 0 aliphatic rings. The fraction of sp³-hybridized carbons (Fsp3) is 0.400. The molecule has 0 aliphatic carbocycles. The second-order valence-corrected chi connectivity index (χ2v) is 3.27. The van der Waals surface area contributed by atoms with Gasteiger partial charge in [-0.05, 0) is 22.2 Å². The van der Waals surface area contributed by atoms with E-state index in [2.05, 4.69) is 21.0 Å². The lowest BCUT2D eigenvalue weighted by Crippen LogP contribution is -1.88. The molecule has 0 aliphatic heterocycles. The first-order chi connectivity index (χ1) is 4.24. The van der Waals surface area contributed by atoms with Crippen molar-refractivity contribution in [3.05, 3.63) is 10.7 Å². The highest BCUT2D eigenvalue weighted by molar-refractivity contribution is 9.10. The van der Waals surface area contributed by atoms with Gasteiger partial charge < -0.3 is 0 Å². The standard InChI is InChI=1S/C5H7BrN2S/c1-8-4(6)3-5(7-8)9-2/h3H,1-2H3. The second kappa shape index (κ2) is 2.75. The number of nitrogens with zero attached hydrogens (tertiary/aromatic N) is 2. The summed E-state index contributed by atoms with van der Waals surface area (Å²) in [4.78, 5) is 0. The lowest BCUT2D eigenvalue weighted by atomic mass is 10.7. The van der Waals surface area contributed by atoms with Crippen molar-refractivity contribution in [2.24, 2.45) is 7.05 Å². The van der Waals surface area contributed by atoms with Gasteiger partial charge in [0.1, 0.15) is 9.63 Å². The number of aryl methyl sites for hydroxylation is 1. The SMILES string of the molecule is CSc1cc(Br)n(C)n1. The van der Waals surface area contributed by atoms with Gasteiger partial charge in [0.2, 0.25) is 0 Å². The van der Waals surface area contributed by atoms with Crippen molar-refractivity contribution in [1.82, 2.24) is 9.78 Å². The topological polar surface area (TPSA) is 17.8 Å². The van der Waals surface area contributed by atoms with Gasteiger partial charge in [-0.15, -0.1) is 11.8 Å². The zero-order valence-electron chi connectivity index (χ0n) is 5.26. The largest absolute Gasteiger partial charge is 0.260 e. The zero-order valence-corrected chi connectivity index (χ0v) is 7.66. The van der Waals surface area contributed by atoms with Gasteiger partial charge in [0.25, 0.3) is 0 Å². The summed E-state index contributed by atoms with van der Waals surface area (Å²) in [7, 11) is 1.91. The van der Waals surface area contributed by atoms with E-state index in [0.717, 1.165) is 9.63 Å². The van der Waals surface area contributed by atoms with Crippen LogP contribution < -0.4 is 0 Å². The van der Waals surface area contributed by atoms with E-state index in [1.54, 1.807) is 16.4 Å². The zero-order chi connectivity index (χ0) is 6.85. The monoisotopic (exact) mass is 206 g/mol. The van der Waals surface area contributed by atoms with Crippen molar-refractivity contribution in [3.63, 3.8) is 0 Å². The molecule has 1 aromatic heterocycles. The molecule has 0 saturated carbocycles. The molecule has 1 aromatic rings. The molecule has 0 aromatic carbocycles. The number of halogens is 1. The van der Waals surface area contributed by atoms with Gasteiger partial charge in [0, 0.05) is 13.1 Å². The van der Waals surface area contributed by atoms with E-state index < -0.39 is 0 Å². The number of hydrogen-bond acceptors (Lipinski definition) is 2. The molecular weight excluding hydrogens is 200 g/mol. The van der Waals surface area contributed by atoms with Gasteiger partial charge in [-0.2, -0.15) is 5.10 Å². The second-order valence-electron chi connectivity index (χ2n) is 1.63. The molecule has 0 radical (unpaired) electrons. The van der Waals surface area contributed by atoms with E-state index in [-0.39, 0.29) is 0 Å². The molecular formula is C5H7BrN2S. The fourth-order valence-electron chi connectivity index (χ4n) is 0.520. The minimum atomic E-state index is 1.02. The van der Waals surface area contributed by atoms with Crippen LogP contribution in [0.15, 0.2) is 15.7 Å². The molecule has 0 fully saturated rings. The summed E-state index contributed by atoms with van der Waals surface area (Å²) in [5.74, 6) is 0. The first-order valence-corrected chi connectivity index (χ1v) is 4.49. The van der Waals surface area contributed by atoms with Crippen molar-refractivity contribution in [3.8, 4) is 0 Å². The molecule has 0 atom stereocenters. The highest BCUT2D eigenvalue weighted by Crippen LogP contribution is 2.17. The van der Waals surface area contributed by atoms with Gasteiger partial charge in [0.15, 0.2) is 0 Å². The number of hydrogen-bond donors (Lipinski definition) is 0. The minimum Gasteiger partial charge on any atom is -0.260 e. The number of rotatable bonds is 1. The smallest absolute Gasteiger partial charge is 0.119 e. The van der Waals surface area contributed by atoms with Crippen LogP contribution in [0.4, 0.5) is 0 Å². The van der Waals surface area contributed by atoms with Crippen LogP contribution in [0.5, 0.6) is 0 Å². The van der Waals surface area contributed by atoms with Crippen LogP contribution >= 0.6 is 27.7 Å². The highest BCUT2D eigenvalue weighted by atomic mass is 79.9. The summed E-state index contributed by atoms with van der Waals surface area (Å²) in [5, 5.41) is 5.21. The van der Waals surface area contributed by atoms with E-state index in [9.17, 15) is 0 Å². The molecule has 0 saturated heterocycles. The van der Waals surface area contributed by atoms with E-state index in [4.69, 9.17) is 0 Å². The maximum atomic E-state index is 4.16. The van der Waals surface area contributed by atoms with Crippen LogP contribution in [-0.4, -0.2) is 16.0 Å². The van der Waals surface area contributed by atoms with Gasteiger partial charge in [-0.3, -0.25) is 4.68 Å². The first-order valence-electron chi connectivity index (χ1n) is 2.47. The van der Waals surface area contributed by atoms with E-state index in [0.29, 0.717) is 0 Å². The Morgan fingerprint density at radius 2 is 2.44 bits per heavy atom. The maximum Gasteiger partial charge on any atom is 0.119 e. The van der Waals surface area contributed by atoms with Crippen molar-refractivity contribution in [2.45, 2.75) is 5.03 Å². The Morgan fingerprint density at radius 1 is 1.78 bits per heavy atom. The van der Waals surface area contributed by atoms with Crippen molar-refractivity contribution in [2.75, 3.05) is 6.26 Å². The molecule has 9 heavy (non-hydrogen) atoms. The third kappa shape index (κ3) is 1.49. The molecule has 0 N–H and O–H groups in total. The average Bonchev–Trinajstić information content (AvgIpc) is 2.13. The molecule has 1 heterocycles. The third-order valence-corrected chi connectivity index (χ3v) is 2.37. The Kier molecular flexibility index (Phi) is 2.18. The lowest BCUT2D eigenvalue weighted by Gasteiger charge is -1.86. The predicted molar refractivity (Wildman–Crippen MR) is 42.7 cm³/mol. The van der Waals surface area contributed by atoms with Gasteiger partial charge >= 0.3 is 0 Å². The number of aromatic nitrogens is 2. The van der Waals surface area contributed by atoms with Crippen LogP contribution in [0.2, 0.25) is 0 Å². The summed E-state index contributed by atoms with van der Waals surface area (Å²) < 4.78 is 2.82. The van der Waals surface area contributed by atoms with Crippen LogP contribution in [0.1, 0.15) is 0 Å². The van der Waals surface area contributed by atoms with Crippen LogP contribution in [0.3, 0.4) is 0 Å². The molecule has 1 rings (SSSR count). The van der Waals surface area contributed by atoms with Crippen LogP contribution in [0.25, 0.3) is 0 Å². The lowest BCUT2D eigenvalue weighted by molar-refractivity contribution is 0.724. The van der Waals surface area contributed by atoms with Crippen LogP contribution in [0, 0.1) is 0 Å². The summed E-state index contributed by atoms with van der Waals surface area (Å²) in [5.41, 5.74) is 0. The normalized spacial score (nSPS) is 10.1. The van der Waals surface area contributed by atoms with E-state index in [1.807, 2.05) is 19.4 Å². The molecule has 50 valence electrons. The van der Waals surface area contributed by atoms with Gasteiger partial charge in [-0.1, -0.05) is 0 Å². The summed E-state index contributed by atoms with van der Waals surface area (Å²) >= 11 is 4.99. The molecule has 0 spiro atoms. The highest BCUT2D eigenvalue weighted by Gasteiger charge is 1.97. The summed E-state index contributed by atoms with van der Waals surface area (Å²) in [6.45, 7) is 0. The summed E-state index contributed by atoms with van der Waals surface area (Å²) in [6, 6.07) is 1.99. The summed E-state index contributed by atoms with van der Waals surface area (Å²) in [6.07, 6.45) is 2.01. The van der Waals surface area contributed by atoms with E-state index in [1.165, 1.54) is 0 Å². The van der Waals surface area contributed by atoms with Crippen molar-refractivity contribution >= 4 is 27.7 Å². The van der Waals surface area contributed by atoms with Gasteiger partial charge in [0.05, 0.1) is 0 Å². The molecule has 0 bridgehead atoms.